The number of ether oxygens (including phenoxy) is 1. The summed E-state index contributed by atoms with van der Waals surface area (Å²) in [4.78, 5) is 11.3. The number of rotatable bonds is 11. The van der Waals surface area contributed by atoms with Gasteiger partial charge in [-0.15, -0.1) is 0 Å². The SMILES string of the molecule is Cc1cc(C(=O)O)ccc1-c1ccccc1[C@@H](C)OC[C@H](O)CNC(C)(C)Cc1ccc(Cl)cc1F. The molecule has 0 bridgehead atoms. The highest BCUT2D eigenvalue weighted by atomic mass is 35.5. The summed E-state index contributed by atoms with van der Waals surface area (Å²) >= 11 is 5.84. The van der Waals surface area contributed by atoms with Crippen LogP contribution in [-0.4, -0.2) is 41.0 Å². The number of carboxylic acid groups (broad SMARTS) is 1. The maximum absolute atomic E-state index is 14.2. The highest BCUT2D eigenvalue weighted by Crippen LogP contribution is 2.32. The van der Waals surface area contributed by atoms with E-state index in [2.05, 4.69) is 5.32 Å². The zero-order valence-electron chi connectivity index (χ0n) is 21.0. The number of aryl methyl sites for hydroxylation is 1. The average molecular weight is 514 g/mol. The summed E-state index contributed by atoms with van der Waals surface area (Å²) in [7, 11) is 0. The lowest BCUT2D eigenvalue weighted by molar-refractivity contribution is -0.00398. The third-order valence-electron chi connectivity index (χ3n) is 6.16. The molecule has 5 nitrogen and oxygen atoms in total. The average Bonchev–Trinajstić information content (AvgIpc) is 2.83. The lowest BCUT2D eigenvalue weighted by Gasteiger charge is -2.28. The molecule has 0 fully saturated rings. The molecule has 0 aliphatic heterocycles. The van der Waals surface area contributed by atoms with Gasteiger partial charge in [0.15, 0.2) is 0 Å². The van der Waals surface area contributed by atoms with Crippen LogP contribution in [0.3, 0.4) is 0 Å². The maximum atomic E-state index is 14.2. The maximum Gasteiger partial charge on any atom is 0.335 e. The molecule has 0 radical (unpaired) electrons. The van der Waals surface area contributed by atoms with Crippen LogP contribution in [0.25, 0.3) is 11.1 Å². The molecule has 3 aromatic carbocycles. The predicted octanol–water partition coefficient (Wildman–Crippen LogP) is 6.20. The minimum atomic E-state index is -0.960. The highest BCUT2D eigenvalue weighted by molar-refractivity contribution is 6.30. The van der Waals surface area contributed by atoms with Gasteiger partial charge in [-0.25, -0.2) is 9.18 Å². The van der Waals surface area contributed by atoms with Crippen LogP contribution in [0.15, 0.2) is 60.7 Å². The minimum Gasteiger partial charge on any atom is -0.478 e. The molecule has 0 aliphatic carbocycles. The van der Waals surface area contributed by atoms with Crippen LogP contribution < -0.4 is 5.32 Å². The van der Waals surface area contributed by atoms with E-state index >= 15 is 0 Å². The van der Waals surface area contributed by atoms with Gasteiger partial charge < -0.3 is 20.3 Å². The molecular weight excluding hydrogens is 481 g/mol. The Balaban J connectivity index is 1.60. The van der Waals surface area contributed by atoms with Gasteiger partial charge in [0.25, 0.3) is 0 Å². The first kappa shape index (κ1) is 27.8. The summed E-state index contributed by atoms with van der Waals surface area (Å²) in [6.45, 7) is 8.11. The number of β-amino-alcohol motifs (C(OH)–C–C–N with tert-alkyl or cyclic N) is 1. The van der Waals surface area contributed by atoms with Gasteiger partial charge in [0.1, 0.15) is 5.82 Å². The van der Waals surface area contributed by atoms with Crippen LogP contribution in [0.5, 0.6) is 0 Å². The van der Waals surface area contributed by atoms with Crippen LogP contribution in [0.1, 0.15) is 53.9 Å². The van der Waals surface area contributed by atoms with Crippen molar-refractivity contribution in [1.82, 2.24) is 5.32 Å². The molecule has 0 aliphatic rings. The molecule has 7 heteroatoms. The van der Waals surface area contributed by atoms with Crippen molar-refractivity contribution in [1.29, 1.82) is 0 Å². The van der Waals surface area contributed by atoms with E-state index in [1.165, 1.54) is 6.07 Å². The predicted molar refractivity (Wildman–Crippen MR) is 141 cm³/mol. The van der Waals surface area contributed by atoms with Crippen molar-refractivity contribution in [2.75, 3.05) is 13.2 Å². The van der Waals surface area contributed by atoms with Crippen LogP contribution in [0, 0.1) is 12.7 Å². The topological polar surface area (TPSA) is 78.8 Å². The normalized spacial score (nSPS) is 13.4. The van der Waals surface area contributed by atoms with Crippen molar-refractivity contribution in [2.45, 2.75) is 51.9 Å². The van der Waals surface area contributed by atoms with Crippen LogP contribution in [0.4, 0.5) is 4.39 Å². The van der Waals surface area contributed by atoms with Crippen LogP contribution in [-0.2, 0) is 11.2 Å². The molecule has 0 amide bonds. The number of carbonyl (C=O) groups is 1. The van der Waals surface area contributed by atoms with E-state index in [1.807, 2.05) is 58.0 Å². The third-order valence-corrected chi connectivity index (χ3v) is 6.40. The van der Waals surface area contributed by atoms with E-state index in [0.717, 1.165) is 22.3 Å². The van der Waals surface area contributed by atoms with Crippen molar-refractivity contribution in [3.8, 4) is 11.1 Å². The van der Waals surface area contributed by atoms with Crippen molar-refractivity contribution < 1.29 is 24.1 Å². The van der Waals surface area contributed by atoms with Crippen LogP contribution in [0.2, 0.25) is 5.02 Å². The van der Waals surface area contributed by atoms with Crippen molar-refractivity contribution >= 4 is 17.6 Å². The Morgan fingerprint density at radius 3 is 2.50 bits per heavy atom. The van der Waals surface area contributed by atoms with Crippen LogP contribution >= 0.6 is 11.6 Å². The first-order valence-corrected chi connectivity index (χ1v) is 12.3. The number of aliphatic hydroxyl groups excluding tert-OH is 1. The van der Waals surface area contributed by atoms with Gasteiger partial charge in [-0.2, -0.15) is 0 Å². The van der Waals surface area contributed by atoms with Gasteiger partial charge in [-0.05, 0) is 86.2 Å². The molecule has 0 saturated heterocycles. The Morgan fingerprint density at radius 2 is 1.83 bits per heavy atom. The quantitative estimate of drug-likeness (QED) is 0.284. The van der Waals surface area contributed by atoms with Gasteiger partial charge in [-0.1, -0.05) is 48.0 Å². The molecule has 0 heterocycles. The molecule has 0 saturated carbocycles. The smallest absolute Gasteiger partial charge is 0.335 e. The summed E-state index contributed by atoms with van der Waals surface area (Å²) in [5.41, 5.74) is 4.05. The zero-order valence-corrected chi connectivity index (χ0v) is 21.8. The number of hydrogen-bond donors (Lipinski definition) is 3. The van der Waals surface area contributed by atoms with E-state index < -0.39 is 17.6 Å². The fraction of sp³-hybridized carbons (Fsp3) is 0.345. The number of benzene rings is 3. The Kier molecular flexibility index (Phi) is 9.25. The summed E-state index contributed by atoms with van der Waals surface area (Å²) in [6.07, 6.45) is -0.621. The fourth-order valence-corrected chi connectivity index (χ4v) is 4.36. The monoisotopic (exact) mass is 513 g/mol. The number of carboxylic acids is 1. The molecular formula is C29H33ClFNO4. The second kappa shape index (κ2) is 12.0. The molecule has 0 spiro atoms. The molecule has 3 N–H and O–H groups in total. The number of hydrogen-bond acceptors (Lipinski definition) is 4. The second-order valence-electron chi connectivity index (χ2n) is 9.73. The largest absolute Gasteiger partial charge is 0.478 e. The van der Waals surface area contributed by atoms with E-state index in [1.54, 1.807) is 24.3 Å². The zero-order chi connectivity index (χ0) is 26.5. The van der Waals surface area contributed by atoms with Gasteiger partial charge in [0, 0.05) is 17.1 Å². The van der Waals surface area contributed by atoms with E-state index in [-0.39, 0.29) is 30.6 Å². The summed E-state index contributed by atoms with van der Waals surface area (Å²) in [5, 5.41) is 23.5. The first-order chi connectivity index (χ1) is 17.0. The van der Waals surface area contributed by atoms with E-state index in [0.29, 0.717) is 17.0 Å². The second-order valence-corrected chi connectivity index (χ2v) is 10.2. The third kappa shape index (κ3) is 7.37. The number of halogens is 2. The number of nitrogens with one attached hydrogen (secondary N) is 1. The van der Waals surface area contributed by atoms with Crippen molar-refractivity contribution in [3.05, 3.63) is 93.8 Å². The Morgan fingerprint density at radius 1 is 1.11 bits per heavy atom. The van der Waals surface area contributed by atoms with E-state index in [4.69, 9.17) is 16.3 Å². The Labute approximate surface area is 216 Å². The first-order valence-electron chi connectivity index (χ1n) is 11.9. The molecule has 0 aromatic heterocycles. The van der Waals surface area contributed by atoms with E-state index in [9.17, 15) is 19.4 Å². The number of aromatic carboxylic acids is 1. The summed E-state index contributed by atoms with van der Waals surface area (Å²) in [5.74, 6) is -1.31. The Hall–Kier alpha value is -2.77. The molecule has 3 aromatic rings. The fourth-order valence-electron chi connectivity index (χ4n) is 4.20. The minimum absolute atomic E-state index is 0.116. The van der Waals surface area contributed by atoms with Gasteiger partial charge >= 0.3 is 5.97 Å². The molecule has 2 atom stereocenters. The summed E-state index contributed by atoms with van der Waals surface area (Å²) < 4.78 is 20.2. The highest BCUT2D eigenvalue weighted by Gasteiger charge is 2.22. The number of aliphatic hydroxyl groups is 1. The lowest BCUT2D eigenvalue weighted by atomic mass is 9.92. The van der Waals surface area contributed by atoms with Gasteiger partial charge in [-0.3, -0.25) is 0 Å². The molecule has 0 unspecified atom stereocenters. The standard InChI is InChI=1S/C29H33ClFNO4/c1-18-13-20(28(34)35)10-12-24(18)26-8-6-5-7-25(26)19(2)36-17-23(33)16-32-29(3,4)15-21-9-11-22(30)14-27(21)31/h5-14,19,23,32-33H,15-17H2,1-4H3,(H,34,35)/t19-,23-/m1/s1. The molecule has 3 rings (SSSR count). The molecule has 36 heavy (non-hydrogen) atoms. The van der Waals surface area contributed by atoms with Gasteiger partial charge in [0.05, 0.1) is 24.4 Å². The summed E-state index contributed by atoms with van der Waals surface area (Å²) in [6, 6.07) is 17.5. The van der Waals surface area contributed by atoms with Gasteiger partial charge in [0.2, 0.25) is 0 Å². The lowest BCUT2D eigenvalue weighted by Crippen LogP contribution is -2.46. The molecule has 192 valence electrons. The van der Waals surface area contributed by atoms with Crippen molar-refractivity contribution in [3.63, 3.8) is 0 Å². The Bertz CT molecular complexity index is 1210. The van der Waals surface area contributed by atoms with Crippen molar-refractivity contribution in [2.24, 2.45) is 0 Å².